The molecule has 1 amide bonds. The molecule has 0 aliphatic carbocycles. The van der Waals surface area contributed by atoms with Crippen molar-refractivity contribution in [3.8, 4) is 17.2 Å². The van der Waals surface area contributed by atoms with Crippen LogP contribution in [0, 0.1) is 0 Å². The first-order chi connectivity index (χ1) is 13.6. The van der Waals surface area contributed by atoms with Crippen LogP contribution in [0.2, 0.25) is 0 Å². The minimum Gasteiger partial charge on any atom is -0.497 e. The molecule has 1 aliphatic heterocycles. The molecule has 6 nitrogen and oxygen atoms in total. The monoisotopic (exact) mass is 385 g/mol. The van der Waals surface area contributed by atoms with Gasteiger partial charge in [0.2, 0.25) is 0 Å². The molecule has 0 unspecified atom stereocenters. The normalized spacial score (nSPS) is 15.5. The zero-order valence-corrected chi connectivity index (χ0v) is 16.6. The van der Waals surface area contributed by atoms with Gasteiger partial charge in [-0.1, -0.05) is 12.1 Å². The first kappa shape index (κ1) is 20.0. The third kappa shape index (κ3) is 4.22. The number of benzene rings is 2. The van der Waals surface area contributed by atoms with Gasteiger partial charge in [0.15, 0.2) is 11.5 Å². The molecule has 1 saturated heterocycles. The minimum absolute atomic E-state index is 0.139. The van der Waals surface area contributed by atoms with E-state index in [0.717, 1.165) is 18.6 Å². The van der Waals surface area contributed by atoms with E-state index in [1.165, 1.54) is 5.56 Å². The lowest BCUT2D eigenvalue weighted by atomic mass is 9.74. The molecule has 3 rings (SSSR count). The zero-order valence-electron chi connectivity index (χ0n) is 16.6. The van der Waals surface area contributed by atoms with Crippen molar-refractivity contribution in [3.63, 3.8) is 0 Å². The number of hydrogen-bond donors (Lipinski definition) is 1. The van der Waals surface area contributed by atoms with Gasteiger partial charge in [0.05, 0.1) is 21.3 Å². The maximum Gasteiger partial charge on any atom is 0.251 e. The van der Waals surface area contributed by atoms with E-state index in [1.807, 2.05) is 12.1 Å². The highest BCUT2D eigenvalue weighted by Crippen LogP contribution is 2.35. The largest absolute Gasteiger partial charge is 0.497 e. The molecule has 0 radical (unpaired) electrons. The lowest BCUT2D eigenvalue weighted by Crippen LogP contribution is -2.44. The number of rotatable bonds is 7. The Morgan fingerprint density at radius 3 is 2.25 bits per heavy atom. The van der Waals surface area contributed by atoms with Crippen LogP contribution in [0.5, 0.6) is 17.2 Å². The first-order valence-corrected chi connectivity index (χ1v) is 9.34. The number of carbonyl (C=O) groups is 1. The Labute approximate surface area is 165 Å². The molecule has 1 heterocycles. The Morgan fingerprint density at radius 1 is 0.964 bits per heavy atom. The molecular weight excluding hydrogens is 358 g/mol. The van der Waals surface area contributed by atoms with Gasteiger partial charge in [-0.3, -0.25) is 4.79 Å². The Kier molecular flexibility index (Phi) is 6.41. The highest BCUT2D eigenvalue weighted by molar-refractivity contribution is 5.95. The van der Waals surface area contributed by atoms with Crippen LogP contribution < -0.4 is 19.5 Å². The van der Waals surface area contributed by atoms with Crippen LogP contribution in [0.1, 0.15) is 28.8 Å². The van der Waals surface area contributed by atoms with Gasteiger partial charge in [0.25, 0.3) is 5.91 Å². The topological polar surface area (TPSA) is 66.0 Å². The standard InChI is InChI=1S/C22H27NO5/c1-25-18-7-5-17(6-8-18)22(10-12-28-13-11-22)15-23-21(24)16-4-9-19(26-2)20(14-16)27-3/h4-9,14H,10-13,15H2,1-3H3,(H,23,24). The average molecular weight is 385 g/mol. The van der Waals surface area contributed by atoms with Crippen LogP contribution in [0.25, 0.3) is 0 Å². The summed E-state index contributed by atoms with van der Waals surface area (Å²) in [5.74, 6) is 1.81. The Hall–Kier alpha value is -2.73. The predicted octanol–water partition coefficient (Wildman–Crippen LogP) is 3.19. The molecule has 0 saturated carbocycles. The molecule has 0 aromatic heterocycles. The van der Waals surface area contributed by atoms with Gasteiger partial charge in [-0.15, -0.1) is 0 Å². The summed E-state index contributed by atoms with van der Waals surface area (Å²) in [6.45, 7) is 1.90. The van der Waals surface area contributed by atoms with Crippen molar-refractivity contribution in [2.24, 2.45) is 0 Å². The van der Waals surface area contributed by atoms with E-state index in [1.54, 1.807) is 39.5 Å². The fourth-order valence-electron chi connectivity index (χ4n) is 3.60. The Bertz CT molecular complexity index is 797. The second kappa shape index (κ2) is 8.97. The Morgan fingerprint density at radius 2 is 1.64 bits per heavy atom. The van der Waals surface area contributed by atoms with Gasteiger partial charge in [0.1, 0.15) is 5.75 Å². The number of hydrogen-bond acceptors (Lipinski definition) is 5. The van der Waals surface area contributed by atoms with Crippen LogP contribution in [0.4, 0.5) is 0 Å². The summed E-state index contributed by atoms with van der Waals surface area (Å²) in [5.41, 5.74) is 1.57. The van der Waals surface area contributed by atoms with Crippen molar-refractivity contribution in [1.29, 1.82) is 0 Å². The summed E-state index contributed by atoms with van der Waals surface area (Å²) < 4.78 is 21.4. The fourth-order valence-corrected chi connectivity index (χ4v) is 3.60. The smallest absolute Gasteiger partial charge is 0.251 e. The lowest BCUT2D eigenvalue weighted by molar-refractivity contribution is 0.0487. The summed E-state index contributed by atoms with van der Waals surface area (Å²) >= 11 is 0. The van der Waals surface area contributed by atoms with Crippen molar-refractivity contribution in [2.45, 2.75) is 18.3 Å². The van der Waals surface area contributed by atoms with Crippen LogP contribution in [0.3, 0.4) is 0 Å². The first-order valence-electron chi connectivity index (χ1n) is 9.34. The second-order valence-corrected chi connectivity index (χ2v) is 6.87. The summed E-state index contributed by atoms with van der Waals surface area (Å²) in [6, 6.07) is 13.2. The van der Waals surface area contributed by atoms with E-state index < -0.39 is 0 Å². The Balaban J connectivity index is 1.77. The number of methoxy groups -OCH3 is 3. The predicted molar refractivity (Wildman–Crippen MR) is 107 cm³/mol. The highest BCUT2D eigenvalue weighted by atomic mass is 16.5. The van der Waals surface area contributed by atoms with Gasteiger partial charge >= 0.3 is 0 Å². The molecule has 2 aromatic carbocycles. The molecule has 0 spiro atoms. The summed E-state index contributed by atoms with van der Waals surface area (Å²) in [7, 11) is 4.78. The van der Waals surface area contributed by atoms with E-state index in [-0.39, 0.29) is 11.3 Å². The van der Waals surface area contributed by atoms with Crippen molar-refractivity contribution in [2.75, 3.05) is 41.1 Å². The molecule has 150 valence electrons. The third-order valence-electron chi connectivity index (χ3n) is 5.39. The maximum absolute atomic E-state index is 12.8. The second-order valence-electron chi connectivity index (χ2n) is 6.87. The molecular formula is C22H27NO5. The number of ether oxygens (including phenoxy) is 4. The van der Waals surface area contributed by atoms with Gasteiger partial charge in [-0.25, -0.2) is 0 Å². The van der Waals surface area contributed by atoms with E-state index in [4.69, 9.17) is 18.9 Å². The molecule has 0 bridgehead atoms. The van der Waals surface area contributed by atoms with Crippen LogP contribution in [-0.4, -0.2) is 47.0 Å². The van der Waals surface area contributed by atoms with Crippen LogP contribution in [-0.2, 0) is 10.2 Å². The van der Waals surface area contributed by atoms with Gasteiger partial charge in [0, 0.05) is 30.7 Å². The van der Waals surface area contributed by atoms with Gasteiger partial charge < -0.3 is 24.3 Å². The average Bonchev–Trinajstić information content (AvgIpc) is 2.77. The molecule has 1 aliphatic rings. The molecule has 0 atom stereocenters. The van der Waals surface area contributed by atoms with E-state index in [0.29, 0.717) is 36.8 Å². The van der Waals surface area contributed by atoms with Crippen molar-refractivity contribution in [3.05, 3.63) is 53.6 Å². The fraction of sp³-hybridized carbons (Fsp3) is 0.409. The molecule has 1 fully saturated rings. The maximum atomic E-state index is 12.8. The van der Waals surface area contributed by atoms with Gasteiger partial charge in [-0.2, -0.15) is 0 Å². The van der Waals surface area contributed by atoms with Crippen molar-refractivity contribution >= 4 is 5.91 Å². The van der Waals surface area contributed by atoms with Crippen molar-refractivity contribution < 1.29 is 23.7 Å². The zero-order chi connectivity index (χ0) is 20.0. The molecule has 2 aromatic rings. The number of amides is 1. The summed E-state index contributed by atoms with van der Waals surface area (Å²) in [6.07, 6.45) is 1.71. The van der Waals surface area contributed by atoms with Crippen LogP contribution in [0.15, 0.2) is 42.5 Å². The van der Waals surface area contributed by atoms with Crippen LogP contribution >= 0.6 is 0 Å². The van der Waals surface area contributed by atoms with Crippen molar-refractivity contribution in [1.82, 2.24) is 5.32 Å². The summed E-state index contributed by atoms with van der Waals surface area (Å²) in [4.78, 5) is 12.8. The van der Waals surface area contributed by atoms with E-state index in [9.17, 15) is 4.79 Å². The summed E-state index contributed by atoms with van der Waals surface area (Å²) in [5, 5.41) is 3.10. The SMILES string of the molecule is COc1ccc(C2(CNC(=O)c3ccc(OC)c(OC)c3)CCOCC2)cc1. The quantitative estimate of drug-likeness (QED) is 0.793. The third-order valence-corrected chi connectivity index (χ3v) is 5.39. The number of carbonyl (C=O) groups excluding carboxylic acids is 1. The van der Waals surface area contributed by atoms with E-state index >= 15 is 0 Å². The van der Waals surface area contributed by atoms with E-state index in [2.05, 4.69) is 17.4 Å². The lowest BCUT2D eigenvalue weighted by Gasteiger charge is -2.38. The molecule has 28 heavy (non-hydrogen) atoms. The molecule has 6 heteroatoms. The minimum atomic E-state index is -0.156. The molecule has 1 N–H and O–H groups in total. The number of nitrogens with one attached hydrogen (secondary N) is 1. The van der Waals surface area contributed by atoms with Gasteiger partial charge in [-0.05, 0) is 48.7 Å². The highest BCUT2D eigenvalue weighted by Gasteiger charge is 2.35.